The summed E-state index contributed by atoms with van der Waals surface area (Å²) in [5.74, 6) is -1.63. The van der Waals surface area contributed by atoms with Crippen LogP contribution in [0.15, 0.2) is 30.3 Å². The van der Waals surface area contributed by atoms with E-state index in [1.54, 1.807) is 11.8 Å². The molecule has 2 heterocycles. The van der Waals surface area contributed by atoms with E-state index in [2.05, 4.69) is 16.0 Å². The van der Waals surface area contributed by atoms with Gasteiger partial charge in [0.25, 0.3) is 0 Å². The van der Waals surface area contributed by atoms with Gasteiger partial charge in [0.05, 0.1) is 12.2 Å². The molecule has 7 atom stereocenters. The fraction of sp³-hybridized carbons (Fsp3) is 0.677. The minimum atomic E-state index is -0.929. The Morgan fingerprint density at radius 2 is 1.56 bits per heavy atom. The van der Waals surface area contributed by atoms with Gasteiger partial charge in [-0.15, -0.1) is 0 Å². The molecule has 0 bridgehead atoms. The molecule has 0 saturated carbocycles. The van der Waals surface area contributed by atoms with Crippen LogP contribution < -0.4 is 16.0 Å². The highest BCUT2D eigenvalue weighted by molar-refractivity contribution is 5.97. The molecule has 2 saturated heterocycles. The van der Waals surface area contributed by atoms with Crippen molar-refractivity contribution in [3.05, 3.63) is 35.9 Å². The first-order valence-electron chi connectivity index (χ1n) is 15.2. The molecule has 2 fully saturated rings. The first-order valence-corrected chi connectivity index (χ1v) is 15.2. The second kappa shape index (κ2) is 15.9. The number of hydrogen-bond acceptors (Lipinski definition) is 6. The minimum absolute atomic E-state index is 0.159. The average Bonchev–Trinajstić information content (AvgIpc) is 2.97. The summed E-state index contributed by atoms with van der Waals surface area (Å²) in [6.45, 7) is 5.84. The molecule has 0 spiro atoms. The van der Waals surface area contributed by atoms with Crippen LogP contribution in [0.3, 0.4) is 0 Å². The monoisotopic (exact) mass is 572 g/mol. The molecular formula is C31H48N4O6. The van der Waals surface area contributed by atoms with E-state index in [-0.39, 0.29) is 24.2 Å². The first kappa shape index (κ1) is 32.5. The van der Waals surface area contributed by atoms with E-state index in [9.17, 15) is 29.4 Å². The summed E-state index contributed by atoms with van der Waals surface area (Å²) < 4.78 is 0. The van der Waals surface area contributed by atoms with Gasteiger partial charge in [0.15, 0.2) is 0 Å². The number of carbonyl (C=O) groups is 4. The Labute approximate surface area is 243 Å². The lowest BCUT2D eigenvalue weighted by Crippen LogP contribution is -2.64. The molecule has 1 aromatic carbocycles. The van der Waals surface area contributed by atoms with Gasteiger partial charge in [0.2, 0.25) is 23.6 Å². The van der Waals surface area contributed by atoms with Crippen molar-refractivity contribution in [2.45, 2.75) is 121 Å². The average molecular weight is 573 g/mol. The summed E-state index contributed by atoms with van der Waals surface area (Å²) in [4.78, 5) is 56.3. The normalized spacial score (nSPS) is 26.4. The van der Waals surface area contributed by atoms with Crippen LogP contribution in [-0.4, -0.2) is 81.7 Å². The second-order valence-electron chi connectivity index (χ2n) is 11.7. The molecule has 3 rings (SSSR count). The van der Waals surface area contributed by atoms with Crippen LogP contribution in [0.4, 0.5) is 0 Å². The molecule has 5 N–H and O–H groups in total. The van der Waals surface area contributed by atoms with Gasteiger partial charge >= 0.3 is 0 Å². The van der Waals surface area contributed by atoms with Gasteiger partial charge in [-0.3, -0.25) is 19.2 Å². The number of benzene rings is 1. The smallest absolute Gasteiger partial charge is 0.246 e. The highest BCUT2D eigenvalue weighted by atomic mass is 16.3. The number of aliphatic hydroxyl groups is 2. The van der Waals surface area contributed by atoms with Crippen molar-refractivity contribution >= 4 is 23.6 Å². The summed E-state index contributed by atoms with van der Waals surface area (Å²) in [7, 11) is 0. The quantitative estimate of drug-likeness (QED) is 0.256. The van der Waals surface area contributed by atoms with E-state index >= 15 is 0 Å². The number of fused-ring (bicyclic) bond motifs is 1. The fourth-order valence-corrected chi connectivity index (χ4v) is 5.57. The summed E-state index contributed by atoms with van der Waals surface area (Å²) in [5, 5.41) is 28.1. The van der Waals surface area contributed by atoms with Crippen molar-refractivity contribution in [3.63, 3.8) is 0 Å². The number of nitrogens with zero attached hydrogens (tertiary/aromatic N) is 1. The predicted octanol–water partition coefficient (Wildman–Crippen LogP) is 1.82. The zero-order valence-corrected chi connectivity index (χ0v) is 24.7. The van der Waals surface area contributed by atoms with Gasteiger partial charge < -0.3 is 31.1 Å². The lowest BCUT2D eigenvalue weighted by Gasteiger charge is -2.39. The van der Waals surface area contributed by atoms with Gasteiger partial charge in [-0.25, -0.2) is 0 Å². The first-order chi connectivity index (χ1) is 19.6. The van der Waals surface area contributed by atoms with Gasteiger partial charge in [-0.1, -0.05) is 69.9 Å². The van der Waals surface area contributed by atoms with Crippen LogP contribution in [0.1, 0.15) is 84.1 Å². The lowest BCUT2D eigenvalue weighted by molar-refractivity contribution is -0.147. The predicted molar refractivity (Wildman–Crippen MR) is 156 cm³/mol. The van der Waals surface area contributed by atoms with Crippen LogP contribution in [-0.2, 0) is 25.6 Å². The fourth-order valence-electron chi connectivity index (χ4n) is 5.57. The Hall–Kier alpha value is -2.98. The largest absolute Gasteiger partial charge is 0.391 e. The molecule has 228 valence electrons. The zero-order chi connectivity index (χ0) is 29.9. The molecule has 2 aliphatic heterocycles. The van der Waals surface area contributed by atoms with Crippen LogP contribution >= 0.6 is 0 Å². The second-order valence-corrected chi connectivity index (χ2v) is 11.7. The van der Waals surface area contributed by atoms with Gasteiger partial charge in [0.1, 0.15) is 24.2 Å². The molecule has 0 aliphatic carbocycles. The number of hydrogen-bond donors (Lipinski definition) is 5. The lowest BCUT2D eigenvalue weighted by atomic mass is 9.93. The maximum Gasteiger partial charge on any atom is 0.246 e. The highest BCUT2D eigenvalue weighted by Gasteiger charge is 2.40. The van der Waals surface area contributed by atoms with E-state index in [4.69, 9.17) is 0 Å². The third kappa shape index (κ3) is 9.26. The summed E-state index contributed by atoms with van der Waals surface area (Å²) in [6, 6.07) is 6.06. The SMILES string of the molecule is CC[C@H](C)[C@@H]1NC(=O)[C@@H](Cc2ccccc2)NC(=O)[C@H](CCCCC[C@@H](O)[C@H](C)O)NC(=O)[C@@H]2CCCCN2C1=O. The molecule has 0 radical (unpaired) electrons. The van der Waals surface area contributed by atoms with Crippen molar-refractivity contribution in [1.82, 2.24) is 20.9 Å². The van der Waals surface area contributed by atoms with Crippen LogP contribution in [0.25, 0.3) is 0 Å². The van der Waals surface area contributed by atoms with Crippen molar-refractivity contribution in [2.24, 2.45) is 5.92 Å². The van der Waals surface area contributed by atoms with E-state index in [0.29, 0.717) is 51.5 Å². The zero-order valence-electron chi connectivity index (χ0n) is 24.7. The van der Waals surface area contributed by atoms with Crippen molar-refractivity contribution in [1.29, 1.82) is 0 Å². The molecule has 2 aliphatic rings. The minimum Gasteiger partial charge on any atom is -0.391 e. The van der Waals surface area contributed by atoms with Gasteiger partial charge in [0, 0.05) is 13.0 Å². The Kier molecular flexibility index (Phi) is 12.6. The van der Waals surface area contributed by atoms with E-state index < -0.39 is 48.2 Å². The van der Waals surface area contributed by atoms with Crippen molar-refractivity contribution in [2.75, 3.05) is 6.54 Å². The molecule has 0 aromatic heterocycles. The van der Waals surface area contributed by atoms with Crippen molar-refractivity contribution in [3.8, 4) is 0 Å². The molecule has 0 unspecified atom stereocenters. The molecule has 41 heavy (non-hydrogen) atoms. The number of nitrogens with one attached hydrogen (secondary N) is 3. The van der Waals surface area contributed by atoms with E-state index in [1.165, 1.54) is 0 Å². The molecule has 10 heteroatoms. The summed E-state index contributed by atoms with van der Waals surface area (Å²) in [5.41, 5.74) is 0.861. The van der Waals surface area contributed by atoms with E-state index in [0.717, 1.165) is 18.4 Å². The maximum absolute atomic E-state index is 13.9. The topological polar surface area (TPSA) is 148 Å². The molecule has 1 aromatic rings. The van der Waals surface area contributed by atoms with Crippen molar-refractivity contribution < 1.29 is 29.4 Å². The maximum atomic E-state index is 13.9. The Morgan fingerprint density at radius 3 is 2.24 bits per heavy atom. The van der Waals surface area contributed by atoms with Crippen LogP contribution in [0, 0.1) is 5.92 Å². The third-order valence-electron chi connectivity index (χ3n) is 8.46. The standard InChI is InChI=1S/C31H48N4O6/c1-4-20(2)27-31(41)35-18-12-11-16-25(35)30(40)32-23(15-9-6-10-17-26(37)21(3)36)28(38)33-24(29(39)34-27)19-22-13-7-5-8-14-22/h5,7-8,13-14,20-21,23-27,36-37H,4,6,9-12,15-19H2,1-3H3,(H,32,40)(H,33,38)(H,34,39)/t20-,21-,23-,24+,25-,26+,27-/m0/s1. The third-order valence-corrected chi connectivity index (χ3v) is 8.46. The number of unbranched alkanes of at least 4 members (excludes halogenated alkanes) is 2. The highest BCUT2D eigenvalue weighted by Crippen LogP contribution is 2.22. The number of rotatable bonds is 11. The molecule has 4 amide bonds. The summed E-state index contributed by atoms with van der Waals surface area (Å²) in [6.07, 6.45) is 4.11. The number of piperidine rings is 1. The van der Waals surface area contributed by atoms with Gasteiger partial charge in [-0.2, -0.15) is 0 Å². The number of amides is 4. The Balaban J connectivity index is 1.86. The Morgan fingerprint density at radius 1 is 0.878 bits per heavy atom. The van der Waals surface area contributed by atoms with Gasteiger partial charge in [-0.05, 0) is 50.5 Å². The van der Waals surface area contributed by atoms with Crippen LogP contribution in [0.2, 0.25) is 0 Å². The van der Waals surface area contributed by atoms with E-state index in [1.807, 2.05) is 44.2 Å². The molecular weight excluding hydrogens is 524 g/mol. The van der Waals surface area contributed by atoms with Crippen LogP contribution in [0.5, 0.6) is 0 Å². The number of carbonyl (C=O) groups excluding carboxylic acids is 4. The Bertz CT molecular complexity index is 1020. The summed E-state index contributed by atoms with van der Waals surface area (Å²) >= 11 is 0. The molecule has 10 nitrogen and oxygen atoms in total. The number of aliphatic hydroxyl groups excluding tert-OH is 2.